The number of pyridine rings is 1. The van der Waals surface area contributed by atoms with Crippen LogP contribution in [0, 0.1) is 13.8 Å². The standard InChI is InChI=1S/C19H22N4O2/c1-12-11-15(17-13(2)22-23(3)18(17)21-12)19(24)20-10-9-14-7-5-6-8-16(14)25-4/h5-8,11H,9-10H2,1-4H3,(H,20,24). The van der Waals surface area contributed by atoms with Gasteiger partial charge in [0.15, 0.2) is 5.65 Å². The van der Waals surface area contributed by atoms with Crippen molar-refractivity contribution in [3.63, 3.8) is 0 Å². The highest BCUT2D eigenvalue weighted by Crippen LogP contribution is 2.22. The summed E-state index contributed by atoms with van der Waals surface area (Å²) in [6.45, 7) is 4.31. The second kappa shape index (κ2) is 6.93. The van der Waals surface area contributed by atoms with Crippen LogP contribution < -0.4 is 10.1 Å². The van der Waals surface area contributed by atoms with E-state index in [-0.39, 0.29) is 5.91 Å². The highest BCUT2D eigenvalue weighted by molar-refractivity contribution is 6.06. The third-order valence-electron chi connectivity index (χ3n) is 4.21. The number of rotatable bonds is 5. The summed E-state index contributed by atoms with van der Waals surface area (Å²) < 4.78 is 7.06. The van der Waals surface area contributed by atoms with Gasteiger partial charge in [-0.2, -0.15) is 5.10 Å². The molecule has 3 aromatic rings. The number of fused-ring (bicyclic) bond motifs is 1. The molecule has 1 N–H and O–H groups in total. The number of hydrogen-bond donors (Lipinski definition) is 1. The number of carbonyl (C=O) groups is 1. The zero-order valence-corrected chi connectivity index (χ0v) is 15.0. The fourth-order valence-corrected chi connectivity index (χ4v) is 3.06. The SMILES string of the molecule is COc1ccccc1CCNC(=O)c1cc(C)nc2c1c(C)nn2C. The molecule has 6 heteroatoms. The Morgan fingerprint density at radius 3 is 2.80 bits per heavy atom. The van der Waals surface area contributed by atoms with Crippen LogP contribution >= 0.6 is 0 Å². The topological polar surface area (TPSA) is 69.0 Å². The van der Waals surface area contributed by atoms with Gasteiger partial charge in [-0.3, -0.25) is 9.48 Å². The predicted octanol–water partition coefficient (Wildman–Crippen LogP) is 2.57. The number of benzene rings is 1. The van der Waals surface area contributed by atoms with E-state index in [0.717, 1.165) is 33.7 Å². The van der Waals surface area contributed by atoms with Crippen LogP contribution in [-0.4, -0.2) is 34.3 Å². The number of hydrogen-bond acceptors (Lipinski definition) is 4. The van der Waals surface area contributed by atoms with Crippen LogP contribution in [0.2, 0.25) is 0 Å². The molecule has 0 aliphatic carbocycles. The van der Waals surface area contributed by atoms with Crippen molar-refractivity contribution in [2.75, 3.05) is 13.7 Å². The summed E-state index contributed by atoms with van der Waals surface area (Å²) in [7, 11) is 3.49. The van der Waals surface area contributed by atoms with Crippen molar-refractivity contribution in [2.24, 2.45) is 7.05 Å². The van der Waals surface area contributed by atoms with E-state index in [9.17, 15) is 4.79 Å². The lowest BCUT2D eigenvalue weighted by Crippen LogP contribution is -2.26. The maximum absolute atomic E-state index is 12.7. The minimum absolute atomic E-state index is 0.110. The summed E-state index contributed by atoms with van der Waals surface area (Å²) in [6.07, 6.45) is 0.703. The molecular formula is C19H22N4O2. The number of aromatic nitrogens is 3. The Hall–Kier alpha value is -2.89. The molecule has 6 nitrogen and oxygen atoms in total. The zero-order chi connectivity index (χ0) is 18.0. The van der Waals surface area contributed by atoms with E-state index in [0.29, 0.717) is 18.5 Å². The predicted molar refractivity (Wildman–Crippen MR) is 97.0 cm³/mol. The molecule has 0 bridgehead atoms. The molecule has 0 atom stereocenters. The summed E-state index contributed by atoms with van der Waals surface area (Å²) >= 11 is 0. The Kier molecular flexibility index (Phi) is 4.70. The molecule has 3 rings (SSSR count). The van der Waals surface area contributed by atoms with E-state index in [1.165, 1.54) is 0 Å². The molecule has 130 valence electrons. The van der Waals surface area contributed by atoms with Gasteiger partial charge in [0.05, 0.1) is 23.8 Å². The highest BCUT2D eigenvalue weighted by atomic mass is 16.5. The number of nitrogens with one attached hydrogen (secondary N) is 1. The third kappa shape index (κ3) is 3.33. The van der Waals surface area contributed by atoms with Gasteiger partial charge in [0.1, 0.15) is 5.75 Å². The minimum atomic E-state index is -0.110. The minimum Gasteiger partial charge on any atom is -0.496 e. The van der Waals surface area contributed by atoms with Gasteiger partial charge in [0.2, 0.25) is 0 Å². The Morgan fingerprint density at radius 1 is 1.28 bits per heavy atom. The maximum atomic E-state index is 12.7. The maximum Gasteiger partial charge on any atom is 0.252 e. The van der Waals surface area contributed by atoms with Crippen LogP contribution in [0.5, 0.6) is 5.75 Å². The molecule has 2 heterocycles. The van der Waals surface area contributed by atoms with Crippen molar-refractivity contribution >= 4 is 16.9 Å². The van der Waals surface area contributed by atoms with Crippen molar-refractivity contribution in [2.45, 2.75) is 20.3 Å². The molecule has 1 amide bonds. The van der Waals surface area contributed by atoms with Crippen molar-refractivity contribution in [3.05, 3.63) is 52.8 Å². The number of nitrogens with zero attached hydrogens (tertiary/aromatic N) is 3. The van der Waals surface area contributed by atoms with Crippen molar-refractivity contribution in [3.8, 4) is 5.75 Å². The summed E-state index contributed by atoms with van der Waals surface area (Å²) in [6, 6.07) is 9.64. The van der Waals surface area contributed by atoms with Gasteiger partial charge < -0.3 is 10.1 Å². The normalized spacial score (nSPS) is 10.9. The van der Waals surface area contributed by atoms with Crippen molar-refractivity contribution in [1.29, 1.82) is 0 Å². The highest BCUT2D eigenvalue weighted by Gasteiger charge is 2.17. The fraction of sp³-hybridized carbons (Fsp3) is 0.316. The molecule has 1 aromatic carbocycles. The van der Waals surface area contributed by atoms with Crippen LogP contribution in [0.25, 0.3) is 11.0 Å². The molecule has 25 heavy (non-hydrogen) atoms. The molecule has 0 aliphatic heterocycles. The average molecular weight is 338 g/mol. The van der Waals surface area contributed by atoms with Crippen LogP contribution in [0.1, 0.15) is 27.3 Å². The summed E-state index contributed by atoms with van der Waals surface area (Å²) in [5.74, 6) is 0.725. The van der Waals surface area contributed by atoms with Crippen LogP contribution in [0.3, 0.4) is 0 Å². The monoisotopic (exact) mass is 338 g/mol. The first kappa shape index (κ1) is 17.0. The Bertz CT molecular complexity index is 931. The molecule has 0 aliphatic rings. The van der Waals surface area contributed by atoms with Crippen LogP contribution in [-0.2, 0) is 13.5 Å². The van der Waals surface area contributed by atoms with Gasteiger partial charge in [-0.05, 0) is 38.0 Å². The first-order chi connectivity index (χ1) is 12.0. The fourth-order valence-electron chi connectivity index (χ4n) is 3.06. The average Bonchev–Trinajstić information content (AvgIpc) is 2.88. The lowest BCUT2D eigenvalue weighted by Gasteiger charge is -2.10. The third-order valence-corrected chi connectivity index (χ3v) is 4.21. The van der Waals surface area contributed by atoms with Gasteiger partial charge in [-0.25, -0.2) is 4.98 Å². The number of methoxy groups -OCH3 is 1. The molecule has 0 unspecified atom stereocenters. The lowest BCUT2D eigenvalue weighted by molar-refractivity contribution is 0.0955. The Labute approximate surface area is 146 Å². The quantitative estimate of drug-likeness (QED) is 0.776. The zero-order valence-electron chi connectivity index (χ0n) is 15.0. The number of para-hydroxylation sites is 1. The molecule has 0 saturated heterocycles. The van der Waals surface area contributed by atoms with E-state index in [1.54, 1.807) is 11.8 Å². The van der Waals surface area contributed by atoms with E-state index in [1.807, 2.05) is 51.2 Å². The molecular weight excluding hydrogens is 316 g/mol. The van der Waals surface area contributed by atoms with Crippen molar-refractivity contribution in [1.82, 2.24) is 20.1 Å². The molecule has 0 spiro atoms. The van der Waals surface area contributed by atoms with E-state index in [2.05, 4.69) is 15.4 Å². The van der Waals surface area contributed by atoms with Gasteiger partial charge in [0, 0.05) is 19.3 Å². The smallest absolute Gasteiger partial charge is 0.252 e. The van der Waals surface area contributed by atoms with Gasteiger partial charge in [-0.15, -0.1) is 0 Å². The largest absolute Gasteiger partial charge is 0.496 e. The summed E-state index contributed by atoms with van der Waals surface area (Å²) in [4.78, 5) is 17.2. The first-order valence-electron chi connectivity index (χ1n) is 8.22. The Balaban J connectivity index is 1.79. The van der Waals surface area contributed by atoms with E-state index >= 15 is 0 Å². The summed E-state index contributed by atoms with van der Waals surface area (Å²) in [5, 5.41) is 8.19. The number of ether oxygens (including phenoxy) is 1. The first-order valence-corrected chi connectivity index (χ1v) is 8.22. The number of carbonyl (C=O) groups excluding carboxylic acids is 1. The van der Waals surface area contributed by atoms with Gasteiger partial charge in [-0.1, -0.05) is 18.2 Å². The van der Waals surface area contributed by atoms with E-state index in [4.69, 9.17) is 4.74 Å². The number of amides is 1. The summed E-state index contributed by atoms with van der Waals surface area (Å²) in [5.41, 5.74) is 4.02. The molecule has 0 fully saturated rings. The Morgan fingerprint density at radius 2 is 2.04 bits per heavy atom. The van der Waals surface area contributed by atoms with Crippen molar-refractivity contribution < 1.29 is 9.53 Å². The van der Waals surface area contributed by atoms with E-state index < -0.39 is 0 Å². The number of aryl methyl sites for hydroxylation is 3. The molecule has 0 radical (unpaired) electrons. The van der Waals surface area contributed by atoms with Gasteiger partial charge in [0.25, 0.3) is 5.91 Å². The molecule has 0 saturated carbocycles. The lowest BCUT2D eigenvalue weighted by atomic mass is 10.1. The van der Waals surface area contributed by atoms with Crippen LogP contribution in [0.15, 0.2) is 30.3 Å². The second-order valence-corrected chi connectivity index (χ2v) is 6.04. The van der Waals surface area contributed by atoms with Crippen LogP contribution in [0.4, 0.5) is 0 Å². The van der Waals surface area contributed by atoms with Gasteiger partial charge >= 0.3 is 0 Å². The second-order valence-electron chi connectivity index (χ2n) is 6.04. The molecule has 2 aromatic heterocycles.